The number of carbonyl (C=O) groups excluding carboxylic acids is 2. The van der Waals surface area contributed by atoms with Gasteiger partial charge in [0.25, 0.3) is 5.91 Å². The van der Waals surface area contributed by atoms with Crippen molar-refractivity contribution in [3.63, 3.8) is 0 Å². The lowest BCUT2D eigenvalue weighted by atomic mass is 10.2. The van der Waals surface area contributed by atoms with Crippen LogP contribution >= 0.6 is 23.2 Å². The minimum Gasteiger partial charge on any atom is -0.448 e. The molecule has 0 aliphatic rings. The van der Waals surface area contributed by atoms with Gasteiger partial charge in [-0.25, -0.2) is 9.18 Å². The summed E-state index contributed by atoms with van der Waals surface area (Å²) >= 11 is 11.1. The summed E-state index contributed by atoms with van der Waals surface area (Å²) < 4.78 is 18.1. The first-order valence-electron chi connectivity index (χ1n) is 5.75. The lowest BCUT2D eigenvalue weighted by molar-refractivity contribution is 0.0948. The second-order valence-corrected chi connectivity index (χ2v) is 4.39. The number of hydrogen-bond donors (Lipinski definition) is 2. The van der Waals surface area contributed by atoms with Crippen molar-refractivity contribution in [3.8, 4) is 0 Å². The summed E-state index contributed by atoms with van der Waals surface area (Å²) in [7, 11) is 0. The van der Waals surface area contributed by atoms with Gasteiger partial charge in [0.15, 0.2) is 0 Å². The van der Waals surface area contributed by atoms with Crippen LogP contribution < -0.4 is 10.6 Å². The summed E-state index contributed by atoms with van der Waals surface area (Å²) in [5, 5.41) is 4.85. The average Bonchev–Trinajstić information content (AvgIpc) is 2.41. The Bertz CT molecular complexity index is 466. The molecule has 20 heavy (non-hydrogen) atoms. The summed E-state index contributed by atoms with van der Waals surface area (Å²) in [5.41, 5.74) is -0.223. The number of alkyl carbamates (subject to hydrolysis) is 1. The maximum atomic E-state index is 13.4. The maximum absolute atomic E-state index is 13.4. The van der Waals surface area contributed by atoms with Crippen molar-refractivity contribution in [2.75, 3.05) is 25.6 Å². The topological polar surface area (TPSA) is 67.4 Å². The van der Waals surface area contributed by atoms with Crippen LogP contribution in [0.3, 0.4) is 0 Å². The number of alkyl halides is 1. The summed E-state index contributed by atoms with van der Waals surface area (Å²) in [6.07, 6.45) is -0.635. The highest BCUT2D eigenvalue weighted by Crippen LogP contribution is 2.18. The van der Waals surface area contributed by atoms with E-state index in [9.17, 15) is 14.0 Å². The van der Waals surface area contributed by atoms with E-state index in [0.29, 0.717) is 0 Å². The molecule has 1 aromatic rings. The molecule has 0 saturated carbocycles. The zero-order valence-electron chi connectivity index (χ0n) is 10.4. The van der Waals surface area contributed by atoms with Gasteiger partial charge in [-0.1, -0.05) is 17.7 Å². The van der Waals surface area contributed by atoms with Crippen LogP contribution in [-0.2, 0) is 4.74 Å². The van der Waals surface area contributed by atoms with Crippen molar-refractivity contribution in [1.29, 1.82) is 0 Å². The first-order valence-corrected chi connectivity index (χ1v) is 6.66. The lowest BCUT2D eigenvalue weighted by Crippen LogP contribution is -2.35. The molecular formula is C12H13Cl2FN2O3. The number of benzene rings is 1. The Labute approximate surface area is 125 Å². The summed E-state index contributed by atoms with van der Waals surface area (Å²) in [6.45, 7) is 0.350. The van der Waals surface area contributed by atoms with Crippen LogP contribution in [0.4, 0.5) is 9.18 Å². The van der Waals surface area contributed by atoms with Gasteiger partial charge in [-0.3, -0.25) is 4.79 Å². The second-order valence-electron chi connectivity index (χ2n) is 3.60. The Morgan fingerprint density at radius 1 is 1.25 bits per heavy atom. The Morgan fingerprint density at radius 3 is 2.60 bits per heavy atom. The average molecular weight is 323 g/mol. The molecule has 0 unspecified atom stereocenters. The molecular weight excluding hydrogens is 310 g/mol. The maximum Gasteiger partial charge on any atom is 0.407 e. The number of hydrogen-bond acceptors (Lipinski definition) is 3. The van der Waals surface area contributed by atoms with Gasteiger partial charge >= 0.3 is 6.09 Å². The van der Waals surface area contributed by atoms with Gasteiger partial charge in [0.05, 0.1) is 16.5 Å². The molecule has 1 rings (SSSR count). The first-order chi connectivity index (χ1) is 9.56. The van der Waals surface area contributed by atoms with Crippen LogP contribution in [-0.4, -0.2) is 37.6 Å². The molecule has 2 N–H and O–H groups in total. The van der Waals surface area contributed by atoms with E-state index in [1.54, 1.807) is 0 Å². The fourth-order valence-electron chi connectivity index (χ4n) is 1.33. The van der Waals surface area contributed by atoms with Gasteiger partial charge in [0.2, 0.25) is 0 Å². The highest BCUT2D eigenvalue weighted by molar-refractivity contribution is 6.33. The number of amides is 2. The third-order valence-electron chi connectivity index (χ3n) is 2.18. The predicted molar refractivity (Wildman–Crippen MR) is 73.8 cm³/mol. The van der Waals surface area contributed by atoms with Crippen LogP contribution in [0.25, 0.3) is 0 Å². The second kappa shape index (κ2) is 8.60. The highest BCUT2D eigenvalue weighted by atomic mass is 35.5. The number of rotatable bonds is 6. The van der Waals surface area contributed by atoms with Gasteiger partial charge in [-0.05, 0) is 12.1 Å². The molecule has 1 aromatic carbocycles. The van der Waals surface area contributed by atoms with E-state index < -0.39 is 17.8 Å². The van der Waals surface area contributed by atoms with E-state index in [4.69, 9.17) is 23.2 Å². The lowest BCUT2D eigenvalue weighted by Gasteiger charge is -2.08. The largest absolute Gasteiger partial charge is 0.448 e. The van der Waals surface area contributed by atoms with Crippen molar-refractivity contribution in [2.24, 2.45) is 0 Å². The fourth-order valence-corrected chi connectivity index (χ4v) is 1.65. The van der Waals surface area contributed by atoms with Crippen LogP contribution in [0.1, 0.15) is 10.4 Å². The third kappa shape index (κ3) is 5.22. The van der Waals surface area contributed by atoms with E-state index in [1.165, 1.54) is 12.1 Å². The molecule has 8 heteroatoms. The molecule has 0 aromatic heterocycles. The molecule has 0 atom stereocenters. The first kappa shape index (κ1) is 16.5. The molecule has 0 bridgehead atoms. The Hall–Kier alpha value is -1.53. The quantitative estimate of drug-likeness (QED) is 0.623. The van der Waals surface area contributed by atoms with Crippen molar-refractivity contribution in [2.45, 2.75) is 0 Å². The molecule has 5 nitrogen and oxygen atoms in total. The summed E-state index contributed by atoms with van der Waals surface area (Å²) in [5.74, 6) is -1.15. The molecule has 0 fully saturated rings. The molecule has 0 heterocycles. The smallest absolute Gasteiger partial charge is 0.407 e. The monoisotopic (exact) mass is 322 g/mol. The normalized spacial score (nSPS) is 9.95. The number of halogens is 3. The molecule has 0 saturated heterocycles. The molecule has 0 radical (unpaired) electrons. The number of ether oxygens (including phenoxy) is 1. The van der Waals surface area contributed by atoms with Crippen LogP contribution in [0, 0.1) is 5.82 Å². The van der Waals surface area contributed by atoms with E-state index in [1.807, 2.05) is 0 Å². The Balaban J connectivity index is 2.35. The SMILES string of the molecule is O=C(NCCNC(=O)c1c(F)cccc1Cl)OCCCl. The van der Waals surface area contributed by atoms with Crippen molar-refractivity contribution in [3.05, 3.63) is 34.6 Å². The summed E-state index contributed by atoms with van der Waals surface area (Å²) in [4.78, 5) is 22.7. The van der Waals surface area contributed by atoms with Gasteiger partial charge in [0.1, 0.15) is 12.4 Å². The Kier molecular flexibility index (Phi) is 7.11. The van der Waals surface area contributed by atoms with E-state index in [0.717, 1.165) is 6.07 Å². The van der Waals surface area contributed by atoms with Crippen LogP contribution in [0.15, 0.2) is 18.2 Å². The minimum absolute atomic E-state index is 0.0250. The number of nitrogens with one attached hydrogen (secondary N) is 2. The minimum atomic E-state index is -0.704. The third-order valence-corrected chi connectivity index (χ3v) is 2.65. The van der Waals surface area contributed by atoms with Crippen LogP contribution in [0.5, 0.6) is 0 Å². The van der Waals surface area contributed by atoms with Crippen molar-refractivity contribution < 1.29 is 18.7 Å². The Morgan fingerprint density at radius 2 is 1.95 bits per heavy atom. The number of carbonyl (C=O) groups is 2. The van der Waals surface area contributed by atoms with Gasteiger partial charge in [-0.2, -0.15) is 0 Å². The molecule has 0 aliphatic carbocycles. The molecule has 110 valence electrons. The molecule has 0 aliphatic heterocycles. The van der Waals surface area contributed by atoms with Crippen molar-refractivity contribution >= 4 is 35.2 Å². The zero-order chi connectivity index (χ0) is 15.0. The van der Waals surface area contributed by atoms with Gasteiger partial charge in [0, 0.05) is 13.1 Å². The van der Waals surface area contributed by atoms with Gasteiger partial charge < -0.3 is 15.4 Å². The van der Waals surface area contributed by atoms with Crippen LogP contribution in [0.2, 0.25) is 5.02 Å². The van der Waals surface area contributed by atoms with Gasteiger partial charge in [-0.15, -0.1) is 11.6 Å². The molecule has 0 spiro atoms. The van der Waals surface area contributed by atoms with Crippen molar-refractivity contribution in [1.82, 2.24) is 10.6 Å². The predicted octanol–water partition coefficient (Wildman–Crippen LogP) is 2.17. The fraction of sp³-hybridized carbons (Fsp3) is 0.333. The zero-order valence-corrected chi connectivity index (χ0v) is 11.9. The van der Waals surface area contributed by atoms with E-state index in [2.05, 4.69) is 15.4 Å². The molecule has 2 amide bonds. The standard InChI is InChI=1S/C12H13Cl2FN2O3/c13-4-7-20-12(19)17-6-5-16-11(18)10-8(14)2-1-3-9(10)15/h1-3H,4-7H2,(H,16,18)(H,17,19). The highest BCUT2D eigenvalue weighted by Gasteiger charge is 2.14. The van der Waals surface area contributed by atoms with E-state index >= 15 is 0 Å². The summed E-state index contributed by atoms with van der Waals surface area (Å²) in [6, 6.07) is 3.97. The van der Waals surface area contributed by atoms with E-state index in [-0.39, 0.29) is 36.2 Å².